The van der Waals surface area contributed by atoms with Gasteiger partial charge in [-0.15, -0.1) is 0 Å². The van der Waals surface area contributed by atoms with Crippen LogP contribution in [0, 0.1) is 41.5 Å². The first-order chi connectivity index (χ1) is 18.0. The fourth-order valence-electron chi connectivity index (χ4n) is 6.20. The summed E-state index contributed by atoms with van der Waals surface area (Å²) in [6.45, 7) is 12.3. The standard InChI is InChI=1S/C34H30O4/c1-17-7-19(3)31(20(4)8-17)33-25-11-23(15-35)30(38)14-28(25)34(32-21(5)9-18(2)10-22(32)6)26-12-24(16-36)29(37)13-27(26)33/h7-16,37-38H,1-6H3. The first kappa shape index (κ1) is 25.2. The highest BCUT2D eigenvalue weighted by molar-refractivity contribution is 6.24. The van der Waals surface area contributed by atoms with Gasteiger partial charge in [-0.25, -0.2) is 0 Å². The molecular weight excluding hydrogens is 472 g/mol. The Kier molecular flexibility index (Phi) is 6.07. The summed E-state index contributed by atoms with van der Waals surface area (Å²) in [7, 11) is 0. The molecule has 5 aromatic carbocycles. The van der Waals surface area contributed by atoms with Gasteiger partial charge in [-0.2, -0.15) is 0 Å². The van der Waals surface area contributed by atoms with Crippen molar-refractivity contribution in [3.63, 3.8) is 0 Å². The van der Waals surface area contributed by atoms with E-state index >= 15 is 0 Å². The molecule has 0 aromatic heterocycles. The van der Waals surface area contributed by atoms with Crippen LogP contribution in [-0.4, -0.2) is 22.8 Å². The maximum absolute atomic E-state index is 12.0. The van der Waals surface area contributed by atoms with E-state index in [-0.39, 0.29) is 22.6 Å². The van der Waals surface area contributed by atoms with E-state index in [9.17, 15) is 19.8 Å². The van der Waals surface area contributed by atoms with Gasteiger partial charge in [-0.3, -0.25) is 9.59 Å². The molecule has 2 N–H and O–H groups in total. The second-order valence-electron chi connectivity index (χ2n) is 10.4. The van der Waals surface area contributed by atoms with Crippen molar-refractivity contribution < 1.29 is 19.8 Å². The Balaban J connectivity index is 2.16. The number of aryl methyl sites for hydroxylation is 6. The molecule has 0 unspecified atom stereocenters. The number of rotatable bonds is 4. The number of carbonyl (C=O) groups excluding carboxylic acids is 2. The normalized spacial score (nSPS) is 11.3. The predicted octanol–water partition coefficient (Wildman–Crippen LogP) is 8.21. The molecule has 0 aliphatic rings. The lowest BCUT2D eigenvalue weighted by molar-refractivity contribution is 0.111. The Bertz CT molecular complexity index is 1640. The topological polar surface area (TPSA) is 74.6 Å². The van der Waals surface area contributed by atoms with Crippen molar-refractivity contribution in [2.24, 2.45) is 0 Å². The van der Waals surface area contributed by atoms with E-state index in [0.717, 1.165) is 77.2 Å². The van der Waals surface area contributed by atoms with Crippen LogP contribution in [0.5, 0.6) is 11.5 Å². The van der Waals surface area contributed by atoms with E-state index in [0.29, 0.717) is 12.6 Å². The van der Waals surface area contributed by atoms with Gasteiger partial charge in [0.15, 0.2) is 12.6 Å². The van der Waals surface area contributed by atoms with Crippen molar-refractivity contribution in [2.75, 3.05) is 0 Å². The van der Waals surface area contributed by atoms with Gasteiger partial charge in [0, 0.05) is 0 Å². The number of aldehydes is 2. The number of aromatic hydroxyl groups is 2. The zero-order valence-corrected chi connectivity index (χ0v) is 22.5. The number of hydrogen-bond donors (Lipinski definition) is 2. The Hall–Kier alpha value is -4.44. The maximum atomic E-state index is 12.0. The van der Waals surface area contributed by atoms with Gasteiger partial charge in [-0.1, -0.05) is 35.4 Å². The average Bonchev–Trinajstić information content (AvgIpc) is 2.83. The summed E-state index contributed by atoms with van der Waals surface area (Å²) >= 11 is 0. The first-order valence-corrected chi connectivity index (χ1v) is 12.6. The highest BCUT2D eigenvalue weighted by atomic mass is 16.3. The summed E-state index contributed by atoms with van der Waals surface area (Å²) in [4.78, 5) is 23.9. The van der Waals surface area contributed by atoms with E-state index < -0.39 is 0 Å². The quantitative estimate of drug-likeness (QED) is 0.192. The van der Waals surface area contributed by atoms with Gasteiger partial charge < -0.3 is 10.2 Å². The summed E-state index contributed by atoms with van der Waals surface area (Å²) in [5.74, 6) is -0.207. The van der Waals surface area contributed by atoms with Gasteiger partial charge in [0.2, 0.25) is 0 Å². The number of benzene rings is 5. The molecule has 0 saturated carbocycles. The van der Waals surface area contributed by atoms with Crippen molar-refractivity contribution in [1.82, 2.24) is 0 Å². The lowest BCUT2D eigenvalue weighted by atomic mass is 9.80. The Labute approximate surface area is 222 Å². The largest absolute Gasteiger partial charge is 0.507 e. The van der Waals surface area contributed by atoms with E-state index in [1.54, 1.807) is 24.3 Å². The molecule has 38 heavy (non-hydrogen) atoms. The van der Waals surface area contributed by atoms with E-state index in [1.165, 1.54) is 0 Å². The molecule has 0 atom stereocenters. The van der Waals surface area contributed by atoms with Crippen LogP contribution in [0.1, 0.15) is 54.1 Å². The molecule has 0 aliphatic carbocycles. The van der Waals surface area contributed by atoms with Gasteiger partial charge in [0.25, 0.3) is 0 Å². The van der Waals surface area contributed by atoms with E-state index in [1.807, 2.05) is 0 Å². The summed E-state index contributed by atoms with van der Waals surface area (Å²) in [6.07, 6.45) is 1.32. The van der Waals surface area contributed by atoms with Crippen molar-refractivity contribution in [1.29, 1.82) is 0 Å². The number of phenolic OH excluding ortho intramolecular Hbond substituents is 2. The molecule has 190 valence electrons. The summed E-state index contributed by atoms with van der Waals surface area (Å²) in [5, 5.41) is 24.8. The molecule has 4 nitrogen and oxygen atoms in total. The average molecular weight is 503 g/mol. The summed E-state index contributed by atoms with van der Waals surface area (Å²) in [6, 6.07) is 15.2. The van der Waals surface area contributed by atoms with Crippen LogP contribution in [0.15, 0.2) is 48.5 Å². The highest BCUT2D eigenvalue weighted by Gasteiger charge is 2.24. The summed E-state index contributed by atoms with van der Waals surface area (Å²) in [5.41, 5.74) is 10.6. The highest BCUT2D eigenvalue weighted by Crippen LogP contribution is 2.49. The van der Waals surface area contributed by atoms with Crippen LogP contribution in [0.2, 0.25) is 0 Å². The number of phenols is 2. The molecule has 0 aliphatic heterocycles. The number of hydrogen-bond acceptors (Lipinski definition) is 4. The molecule has 0 radical (unpaired) electrons. The van der Waals surface area contributed by atoms with Crippen LogP contribution in [-0.2, 0) is 0 Å². The maximum Gasteiger partial charge on any atom is 0.153 e. The number of fused-ring (bicyclic) bond motifs is 2. The molecule has 5 aromatic rings. The fourth-order valence-corrected chi connectivity index (χ4v) is 6.20. The van der Waals surface area contributed by atoms with Gasteiger partial charge in [0.1, 0.15) is 11.5 Å². The zero-order chi connectivity index (χ0) is 27.5. The monoisotopic (exact) mass is 502 g/mol. The first-order valence-electron chi connectivity index (χ1n) is 12.6. The molecule has 4 heteroatoms. The number of carbonyl (C=O) groups is 2. The van der Waals surface area contributed by atoms with Crippen molar-refractivity contribution >= 4 is 34.1 Å². The van der Waals surface area contributed by atoms with Gasteiger partial charge in [0.05, 0.1) is 11.1 Å². The lowest BCUT2D eigenvalue weighted by Crippen LogP contribution is -1.99. The van der Waals surface area contributed by atoms with Gasteiger partial charge >= 0.3 is 0 Å². The summed E-state index contributed by atoms with van der Waals surface area (Å²) < 4.78 is 0. The molecule has 0 fully saturated rings. The second kappa shape index (κ2) is 9.14. The third-order valence-corrected chi connectivity index (χ3v) is 7.52. The molecule has 0 spiro atoms. The molecule has 0 amide bonds. The minimum atomic E-state index is -0.104. The van der Waals surface area contributed by atoms with Crippen molar-refractivity contribution in [2.45, 2.75) is 41.5 Å². The van der Waals surface area contributed by atoms with Crippen molar-refractivity contribution in [3.8, 4) is 33.8 Å². The van der Waals surface area contributed by atoms with Crippen molar-refractivity contribution in [3.05, 3.63) is 93.0 Å². The Morgan fingerprint density at radius 3 is 1.03 bits per heavy atom. The fraction of sp³-hybridized carbons (Fsp3) is 0.176. The second-order valence-corrected chi connectivity index (χ2v) is 10.4. The molecular formula is C34H30O4. The van der Waals surface area contributed by atoms with Gasteiger partial charge in [-0.05, 0) is 132 Å². The molecule has 0 heterocycles. The zero-order valence-electron chi connectivity index (χ0n) is 22.5. The molecule has 5 rings (SSSR count). The molecule has 0 bridgehead atoms. The minimum Gasteiger partial charge on any atom is -0.507 e. The Morgan fingerprint density at radius 2 is 0.737 bits per heavy atom. The van der Waals surface area contributed by atoms with Crippen LogP contribution in [0.25, 0.3) is 43.8 Å². The third-order valence-electron chi connectivity index (χ3n) is 7.52. The predicted molar refractivity (Wildman–Crippen MR) is 155 cm³/mol. The lowest BCUT2D eigenvalue weighted by Gasteiger charge is -2.23. The minimum absolute atomic E-state index is 0.104. The van der Waals surface area contributed by atoms with Crippen LogP contribution < -0.4 is 0 Å². The SMILES string of the molecule is Cc1cc(C)c(-c2c3cc(O)c(C=O)cc3c(-c3c(C)cc(C)cc3C)c3cc(O)c(C=O)cc23)c(C)c1. The van der Waals surface area contributed by atoms with Crippen LogP contribution >= 0.6 is 0 Å². The van der Waals surface area contributed by atoms with E-state index in [4.69, 9.17) is 0 Å². The Morgan fingerprint density at radius 1 is 0.447 bits per heavy atom. The van der Waals surface area contributed by atoms with Crippen LogP contribution in [0.4, 0.5) is 0 Å². The van der Waals surface area contributed by atoms with Crippen LogP contribution in [0.3, 0.4) is 0 Å². The molecule has 0 saturated heterocycles. The van der Waals surface area contributed by atoms with E-state index in [2.05, 4.69) is 65.8 Å². The third kappa shape index (κ3) is 3.84. The smallest absolute Gasteiger partial charge is 0.153 e.